The van der Waals surface area contributed by atoms with Crippen LogP contribution in [0.15, 0.2) is 17.0 Å². The van der Waals surface area contributed by atoms with Gasteiger partial charge in [-0.1, -0.05) is 11.6 Å². The van der Waals surface area contributed by atoms with Gasteiger partial charge in [0.05, 0.1) is 5.69 Å². The number of hydrogen-bond donors (Lipinski definition) is 2. The van der Waals surface area contributed by atoms with E-state index in [-0.39, 0.29) is 17.6 Å². The molecule has 0 bridgehead atoms. The summed E-state index contributed by atoms with van der Waals surface area (Å²) in [6.45, 7) is 1.80. The molecule has 1 amide bonds. The maximum Gasteiger partial charge on any atom is 0.426 e. The highest BCUT2D eigenvalue weighted by molar-refractivity contribution is 7.91. The van der Waals surface area contributed by atoms with Crippen LogP contribution in [0.2, 0.25) is 5.02 Å². The highest BCUT2D eigenvalue weighted by Gasteiger charge is 2.55. The van der Waals surface area contributed by atoms with Gasteiger partial charge in [0.2, 0.25) is 5.60 Å². The number of amides is 1. The monoisotopic (exact) mass is 361 g/mol. The summed E-state index contributed by atoms with van der Waals surface area (Å²) in [5.41, 5.74) is -4.14. The highest BCUT2D eigenvalue weighted by Crippen LogP contribution is 2.34. The standard InChI is InChI=1S/C12H12ClF4NO3S/c1-3-22(21)7-5-4-6(8(13)9(7)14)18-10(19)11(2,20)12(15,16)17/h4-5,20H,3H2,1-2H3,(H,18,19). The zero-order valence-corrected chi connectivity index (χ0v) is 13.0. The van der Waals surface area contributed by atoms with Crippen molar-refractivity contribution < 1.29 is 32.0 Å². The first-order chi connectivity index (χ1) is 9.93. The van der Waals surface area contributed by atoms with Crippen LogP contribution in [0.4, 0.5) is 23.2 Å². The second-order valence-electron chi connectivity index (χ2n) is 4.40. The lowest BCUT2D eigenvalue weighted by atomic mass is 10.1. The topological polar surface area (TPSA) is 72.4 Å². The molecule has 0 spiro atoms. The van der Waals surface area contributed by atoms with E-state index in [1.165, 1.54) is 0 Å². The minimum absolute atomic E-state index is 0.113. The molecule has 0 aliphatic heterocycles. The Kier molecular flexibility index (Phi) is 5.71. The van der Waals surface area contributed by atoms with Crippen LogP contribution < -0.4 is 5.32 Å². The van der Waals surface area contributed by atoms with Crippen molar-refractivity contribution in [3.05, 3.63) is 23.0 Å². The van der Waals surface area contributed by atoms with Crippen molar-refractivity contribution in [2.24, 2.45) is 0 Å². The van der Waals surface area contributed by atoms with Gasteiger partial charge >= 0.3 is 6.18 Å². The van der Waals surface area contributed by atoms with E-state index >= 15 is 0 Å². The number of hydrogen-bond acceptors (Lipinski definition) is 3. The summed E-state index contributed by atoms with van der Waals surface area (Å²) in [4.78, 5) is 11.3. The number of rotatable bonds is 4. The lowest BCUT2D eigenvalue weighted by molar-refractivity contribution is -0.242. The van der Waals surface area contributed by atoms with Crippen LogP contribution in [0.3, 0.4) is 0 Å². The van der Waals surface area contributed by atoms with Crippen LogP contribution in [-0.4, -0.2) is 33.1 Å². The van der Waals surface area contributed by atoms with E-state index in [0.717, 1.165) is 12.1 Å². The van der Waals surface area contributed by atoms with E-state index < -0.39 is 45.4 Å². The highest BCUT2D eigenvalue weighted by atomic mass is 35.5. The molecule has 1 rings (SSSR count). The normalized spacial score (nSPS) is 16.0. The molecule has 0 saturated carbocycles. The van der Waals surface area contributed by atoms with E-state index in [2.05, 4.69) is 0 Å². The van der Waals surface area contributed by atoms with E-state index in [1.54, 1.807) is 12.2 Å². The Morgan fingerprint density at radius 2 is 2.00 bits per heavy atom. The first kappa shape index (κ1) is 19.0. The van der Waals surface area contributed by atoms with Crippen LogP contribution >= 0.6 is 11.6 Å². The van der Waals surface area contributed by atoms with Crippen molar-refractivity contribution >= 4 is 34.4 Å². The lowest BCUT2D eigenvalue weighted by Gasteiger charge is -2.25. The Morgan fingerprint density at radius 1 is 1.45 bits per heavy atom. The minimum atomic E-state index is -5.22. The fraction of sp³-hybridized carbons (Fsp3) is 0.417. The van der Waals surface area contributed by atoms with Gasteiger partial charge in [0.15, 0.2) is 10.7 Å². The van der Waals surface area contributed by atoms with Crippen LogP contribution in [0, 0.1) is 5.82 Å². The second kappa shape index (κ2) is 6.61. The maximum absolute atomic E-state index is 13.9. The summed E-state index contributed by atoms with van der Waals surface area (Å²) < 4.78 is 63.0. The van der Waals surface area contributed by atoms with Gasteiger partial charge < -0.3 is 15.0 Å². The van der Waals surface area contributed by atoms with Gasteiger partial charge in [-0.2, -0.15) is 17.6 Å². The average Bonchev–Trinajstić information content (AvgIpc) is 2.41. The first-order valence-electron chi connectivity index (χ1n) is 5.90. The predicted molar refractivity (Wildman–Crippen MR) is 73.7 cm³/mol. The number of halogens is 5. The molecular formula is C12H12ClF4NO3S. The van der Waals surface area contributed by atoms with Gasteiger partial charge in [0.1, 0.15) is 10.8 Å². The summed E-state index contributed by atoms with van der Waals surface area (Å²) in [7, 11) is 0. The zero-order chi connectivity index (χ0) is 17.3. The lowest BCUT2D eigenvalue weighted by Crippen LogP contribution is -2.52. The molecular weight excluding hydrogens is 350 g/mol. The van der Waals surface area contributed by atoms with E-state index in [4.69, 9.17) is 11.6 Å². The van der Waals surface area contributed by atoms with Crippen molar-refractivity contribution in [2.75, 3.05) is 11.1 Å². The molecule has 0 heterocycles. The third-order valence-electron chi connectivity index (χ3n) is 2.80. The second-order valence-corrected chi connectivity index (χ2v) is 6.48. The third-order valence-corrected chi connectivity index (χ3v) is 4.50. The number of anilines is 1. The third kappa shape index (κ3) is 3.65. The Balaban J connectivity index is 3.11. The molecule has 1 aromatic carbocycles. The first-order valence-corrected chi connectivity index (χ1v) is 7.60. The summed E-state index contributed by atoms with van der Waals surface area (Å²) in [5, 5.41) is 10.2. The van der Waals surface area contributed by atoms with Crippen molar-refractivity contribution in [2.45, 2.75) is 30.5 Å². The van der Waals surface area contributed by atoms with E-state index in [1.807, 2.05) is 0 Å². The molecule has 2 N–H and O–H groups in total. The Labute approximate surface area is 131 Å². The molecule has 0 radical (unpaired) electrons. The summed E-state index contributed by atoms with van der Waals surface area (Å²) >= 11 is 3.95. The molecule has 124 valence electrons. The van der Waals surface area contributed by atoms with Crippen LogP contribution in [0.1, 0.15) is 13.8 Å². The summed E-state index contributed by atoms with van der Waals surface area (Å²) in [6.07, 6.45) is -5.22. The van der Waals surface area contributed by atoms with Crippen molar-refractivity contribution in [3.8, 4) is 0 Å². The molecule has 2 unspecified atom stereocenters. The van der Waals surface area contributed by atoms with E-state index in [9.17, 15) is 32.0 Å². The molecule has 0 aromatic heterocycles. The predicted octanol–water partition coefficient (Wildman–Crippen LogP) is 2.86. The molecule has 0 aliphatic carbocycles. The Morgan fingerprint density at radius 3 is 2.45 bits per heavy atom. The fourth-order valence-corrected chi connectivity index (χ4v) is 2.43. The number of benzene rings is 1. The molecule has 0 aliphatic rings. The Hall–Kier alpha value is -1.03. The number of aliphatic hydroxyl groups is 1. The van der Waals surface area contributed by atoms with E-state index in [0.29, 0.717) is 0 Å². The van der Waals surface area contributed by atoms with Crippen LogP contribution in [-0.2, 0) is 16.0 Å². The Bertz CT molecular complexity index is 580. The van der Waals surface area contributed by atoms with Crippen molar-refractivity contribution in [3.63, 3.8) is 0 Å². The van der Waals surface area contributed by atoms with Gasteiger partial charge in [0.25, 0.3) is 5.91 Å². The van der Waals surface area contributed by atoms with Crippen molar-refractivity contribution in [1.29, 1.82) is 0 Å². The average molecular weight is 362 g/mol. The minimum Gasteiger partial charge on any atom is -0.611 e. The molecule has 10 heteroatoms. The SMILES string of the molecule is CC[S+]([O-])c1ccc(NC(=O)C(C)(O)C(F)(F)F)c(Cl)c1F. The van der Waals surface area contributed by atoms with Crippen molar-refractivity contribution in [1.82, 2.24) is 0 Å². The van der Waals surface area contributed by atoms with Gasteiger partial charge in [-0.15, -0.1) is 0 Å². The molecule has 4 nitrogen and oxygen atoms in total. The van der Waals surface area contributed by atoms with Gasteiger partial charge in [-0.25, -0.2) is 0 Å². The van der Waals surface area contributed by atoms with Gasteiger partial charge in [-0.05, 0) is 37.2 Å². The van der Waals surface area contributed by atoms with Gasteiger partial charge in [0, 0.05) is 0 Å². The molecule has 22 heavy (non-hydrogen) atoms. The van der Waals surface area contributed by atoms with Gasteiger partial charge in [-0.3, -0.25) is 4.79 Å². The molecule has 0 fully saturated rings. The molecule has 0 saturated heterocycles. The maximum atomic E-state index is 13.9. The number of alkyl halides is 3. The van der Waals surface area contributed by atoms with Crippen LogP contribution in [0.25, 0.3) is 0 Å². The molecule has 2 atom stereocenters. The number of nitrogens with one attached hydrogen (secondary N) is 1. The quantitative estimate of drug-likeness (QED) is 0.640. The molecule has 1 aromatic rings. The number of carbonyl (C=O) groups is 1. The number of carbonyl (C=O) groups excluding carboxylic acids is 1. The zero-order valence-electron chi connectivity index (χ0n) is 11.4. The summed E-state index contributed by atoms with van der Waals surface area (Å²) in [5.74, 6) is -2.81. The largest absolute Gasteiger partial charge is 0.611 e. The van der Waals surface area contributed by atoms with Crippen LogP contribution in [0.5, 0.6) is 0 Å². The summed E-state index contributed by atoms with van der Waals surface area (Å²) in [6, 6.07) is 2.05. The smallest absolute Gasteiger partial charge is 0.426 e. The fourth-order valence-electron chi connectivity index (χ4n) is 1.33.